The summed E-state index contributed by atoms with van der Waals surface area (Å²) in [6, 6.07) is -0.412. The van der Waals surface area contributed by atoms with E-state index >= 15 is 0 Å². The molecular formula is C12H25N3O3. The Morgan fingerprint density at radius 1 is 1.39 bits per heavy atom. The molecule has 0 aromatic carbocycles. The molecule has 1 aliphatic rings. The van der Waals surface area contributed by atoms with Crippen molar-refractivity contribution in [2.45, 2.75) is 18.9 Å². The number of hydrogen-bond acceptors (Lipinski definition) is 5. The molecule has 1 aliphatic heterocycles. The lowest BCUT2D eigenvalue weighted by Gasteiger charge is -2.35. The molecule has 1 atom stereocenters. The van der Waals surface area contributed by atoms with E-state index < -0.39 is 6.04 Å². The third kappa shape index (κ3) is 4.89. The quantitative estimate of drug-likeness (QED) is 0.566. The molecular weight excluding hydrogens is 234 g/mol. The number of carbonyl (C=O) groups is 1. The first kappa shape index (κ1) is 15.4. The van der Waals surface area contributed by atoms with E-state index in [0.29, 0.717) is 32.7 Å². The highest BCUT2D eigenvalue weighted by molar-refractivity contribution is 5.81. The number of nitrogens with zero attached hydrogens (tertiary/aromatic N) is 2. The lowest BCUT2D eigenvalue weighted by Crippen LogP contribution is -2.53. The monoisotopic (exact) mass is 259 g/mol. The standard InChI is InChI=1S/C12H25N3O3/c1-18-10-2-3-11(13)12(17)15-6-4-14(5-7-15)8-9-16/h11,16H,2-10,13H2,1H3. The van der Waals surface area contributed by atoms with Crippen LogP contribution in [0.3, 0.4) is 0 Å². The molecule has 106 valence electrons. The van der Waals surface area contributed by atoms with Crippen LogP contribution in [0, 0.1) is 0 Å². The fourth-order valence-electron chi connectivity index (χ4n) is 2.14. The smallest absolute Gasteiger partial charge is 0.239 e. The lowest BCUT2D eigenvalue weighted by molar-refractivity contribution is -0.134. The Hall–Kier alpha value is -0.690. The van der Waals surface area contributed by atoms with Gasteiger partial charge in [-0.2, -0.15) is 0 Å². The second kappa shape index (κ2) is 8.42. The number of carbonyl (C=O) groups excluding carboxylic acids is 1. The number of aliphatic hydroxyl groups is 1. The Morgan fingerprint density at radius 2 is 2.06 bits per heavy atom. The summed E-state index contributed by atoms with van der Waals surface area (Å²) in [5.41, 5.74) is 5.88. The molecule has 0 aromatic heterocycles. The second-order valence-corrected chi connectivity index (χ2v) is 4.63. The summed E-state index contributed by atoms with van der Waals surface area (Å²) in [6.45, 7) is 4.54. The minimum Gasteiger partial charge on any atom is -0.395 e. The fourth-order valence-corrected chi connectivity index (χ4v) is 2.14. The van der Waals surface area contributed by atoms with Crippen molar-refractivity contribution >= 4 is 5.91 Å². The van der Waals surface area contributed by atoms with E-state index in [-0.39, 0.29) is 12.5 Å². The summed E-state index contributed by atoms with van der Waals surface area (Å²) < 4.78 is 4.95. The minimum absolute atomic E-state index is 0.0368. The number of β-amino-alcohol motifs (C(OH)–C–C–N with tert-alkyl or cyclic N) is 1. The number of hydrogen-bond donors (Lipinski definition) is 2. The molecule has 0 aliphatic carbocycles. The van der Waals surface area contributed by atoms with Crippen LogP contribution < -0.4 is 5.73 Å². The van der Waals surface area contributed by atoms with Crippen LogP contribution in [0.1, 0.15) is 12.8 Å². The van der Waals surface area contributed by atoms with Crippen molar-refractivity contribution in [1.82, 2.24) is 9.80 Å². The zero-order valence-corrected chi connectivity index (χ0v) is 11.2. The summed E-state index contributed by atoms with van der Waals surface area (Å²) in [7, 11) is 1.65. The molecule has 3 N–H and O–H groups in total. The third-order valence-corrected chi connectivity index (χ3v) is 3.28. The maximum Gasteiger partial charge on any atom is 0.239 e. The number of rotatable bonds is 7. The van der Waals surface area contributed by atoms with Crippen LogP contribution in [0.25, 0.3) is 0 Å². The number of aliphatic hydroxyl groups excluding tert-OH is 1. The zero-order chi connectivity index (χ0) is 13.4. The minimum atomic E-state index is -0.412. The van der Waals surface area contributed by atoms with Gasteiger partial charge >= 0.3 is 0 Å². The first-order valence-electron chi connectivity index (χ1n) is 6.55. The van der Waals surface area contributed by atoms with Crippen LogP contribution in [-0.4, -0.2) is 79.9 Å². The van der Waals surface area contributed by atoms with E-state index in [1.54, 1.807) is 7.11 Å². The molecule has 1 amide bonds. The van der Waals surface area contributed by atoms with Gasteiger partial charge in [0.25, 0.3) is 0 Å². The van der Waals surface area contributed by atoms with Gasteiger partial charge in [0.1, 0.15) is 0 Å². The molecule has 1 saturated heterocycles. The van der Waals surface area contributed by atoms with Crippen molar-refractivity contribution in [3.8, 4) is 0 Å². The van der Waals surface area contributed by atoms with Gasteiger partial charge in [-0.1, -0.05) is 0 Å². The van der Waals surface area contributed by atoms with Gasteiger partial charge in [0.2, 0.25) is 5.91 Å². The first-order chi connectivity index (χ1) is 8.69. The van der Waals surface area contributed by atoms with Crippen molar-refractivity contribution in [2.24, 2.45) is 5.73 Å². The van der Waals surface area contributed by atoms with Gasteiger partial charge < -0.3 is 20.5 Å². The Kier molecular flexibility index (Phi) is 7.19. The summed E-state index contributed by atoms with van der Waals surface area (Å²) >= 11 is 0. The normalized spacial score (nSPS) is 18.9. The molecule has 6 nitrogen and oxygen atoms in total. The molecule has 0 radical (unpaired) electrons. The zero-order valence-electron chi connectivity index (χ0n) is 11.2. The molecule has 1 fully saturated rings. The predicted octanol–water partition coefficient (Wildman–Crippen LogP) is -1.12. The van der Waals surface area contributed by atoms with Crippen molar-refractivity contribution in [3.63, 3.8) is 0 Å². The Balaban J connectivity index is 2.26. The molecule has 1 heterocycles. The van der Waals surface area contributed by atoms with E-state index in [0.717, 1.165) is 19.5 Å². The topological polar surface area (TPSA) is 79.0 Å². The number of piperazine rings is 1. The molecule has 0 bridgehead atoms. The van der Waals surface area contributed by atoms with Crippen LogP contribution in [-0.2, 0) is 9.53 Å². The molecule has 1 rings (SSSR count). The summed E-state index contributed by atoms with van der Waals surface area (Å²) in [5.74, 6) is 0.0368. The van der Waals surface area contributed by atoms with E-state index in [1.807, 2.05) is 4.90 Å². The maximum atomic E-state index is 12.0. The SMILES string of the molecule is COCCCC(N)C(=O)N1CCN(CCO)CC1. The lowest BCUT2D eigenvalue weighted by atomic mass is 10.1. The number of methoxy groups -OCH3 is 1. The predicted molar refractivity (Wildman–Crippen MR) is 69.2 cm³/mol. The van der Waals surface area contributed by atoms with E-state index in [4.69, 9.17) is 15.6 Å². The van der Waals surface area contributed by atoms with Gasteiger partial charge in [-0.25, -0.2) is 0 Å². The highest BCUT2D eigenvalue weighted by atomic mass is 16.5. The first-order valence-corrected chi connectivity index (χ1v) is 6.55. The summed E-state index contributed by atoms with van der Waals surface area (Å²) in [6.07, 6.45) is 1.48. The fraction of sp³-hybridized carbons (Fsp3) is 0.917. The van der Waals surface area contributed by atoms with E-state index in [2.05, 4.69) is 4.90 Å². The van der Waals surface area contributed by atoms with Crippen LogP contribution in [0.4, 0.5) is 0 Å². The average Bonchev–Trinajstić information content (AvgIpc) is 2.39. The number of ether oxygens (including phenoxy) is 1. The third-order valence-electron chi connectivity index (χ3n) is 3.28. The molecule has 6 heteroatoms. The van der Waals surface area contributed by atoms with Gasteiger partial charge in [-0.15, -0.1) is 0 Å². The van der Waals surface area contributed by atoms with Gasteiger partial charge in [0, 0.05) is 46.4 Å². The molecule has 0 saturated carbocycles. The molecule has 0 spiro atoms. The average molecular weight is 259 g/mol. The molecule has 18 heavy (non-hydrogen) atoms. The van der Waals surface area contributed by atoms with Crippen molar-refractivity contribution < 1.29 is 14.6 Å². The van der Waals surface area contributed by atoms with E-state index in [9.17, 15) is 4.79 Å². The van der Waals surface area contributed by atoms with E-state index in [1.165, 1.54) is 0 Å². The summed E-state index contributed by atoms with van der Waals surface area (Å²) in [5, 5.41) is 8.85. The van der Waals surface area contributed by atoms with Crippen LogP contribution in [0.15, 0.2) is 0 Å². The molecule has 0 aromatic rings. The Morgan fingerprint density at radius 3 is 2.61 bits per heavy atom. The summed E-state index contributed by atoms with van der Waals surface area (Å²) in [4.78, 5) is 16.0. The molecule has 1 unspecified atom stereocenters. The number of nitrogens with two attached hydrogens (primary N) is 1. The second-order valence-electron chi connectivity index (χ2n) is 4.63. The largest absolute Gasteiger partial charge is 0.395 e. The Bertz CT molecular complexity index is 243. The van der Waals surface area contributed by atoms with Crippen molar-refractivity contribution in [2.75, 3.05) is 53.0 Å². The number of amides is 1. The van der Waals surface area contributed by atoms with Gasteiger partial charge in [0.15, 0.2) is 0 Å². The van der Waals surface area contributed by atoms with Crippen molar-refractivity contribution in [3.05, 3.63) is 0 Å². The van der Waals surface area contributed by atoms with Gasteiger partial charge in [-0.3, -0.25) is 9.69 Å². The highest BCUT2D eigenvalue weighted by Crippen LogP contribution is 2.05. The highest BCUT2D eigenvalue weighted by Gasteiger charge is 2.24. The van der Waals surface area contributed by atoms with Crippen LogP contribution >= 0.6 is 0 Å². The van der Waals surface area contributed by atoms with Gasteiger partial charge in [-0.05, 0) is 12.8 Å². The van der Waals surface area contributed by atoms with Gasteiger partial charge in [0.05, 0.1) is 12.6 Å². The maximum absolute atomic E-state index is 12.0. The Labute approximate surface area is 109 Å². The van der Waals surface area contributed by atoms with Crippen molar-refractivity contribution in [1.29, 1.82) is 0 Å². The van der Waals surface area contributed by atoms with Crippen LogP contribution in [0.2, 0.25) is 0 Å². The van der Waals surface area contributed by atoms with Crippen LogP contribution in [0.5, 0.6) is 0 Å².